The van der Waals surface area contributed by atoms with Crippen LogP contribution in [0.15, 0.2) is 34.1 Å². The van der Waals surface area contributed by atoms with Crippen molar-refractivity contribution in [3.05, 3.63) is 24.3 Å². The van der Waals surface area contributed by atoms with Gasteiger partial charge >= 0.3 is 0 Å². The van der Waals surface area contributed by atoms with Gasteiger partial charge in [-0.2, -0.15) is 0 Å². The molecule has 0 N–H and O–H groups in total. The molecule has 0 saturated carbocycles. The molecule has 1 radical (unpaired) electrons. The summed E-state index contributed by atoms with van der Waals surface area (Å²) >= 11 is 3.99. The van der Waals surface area contributed by atoms with Crippen LogP contribution in [0, 0.1) is 0 Å². The fourth-order valence-corrected chi connectivity index (χ4v) is 1.53. The number of benzene rings is 1. The van der Waals surface area contributed by atoms with Crippen LogP contribution < -0.4 is 0 Å². The molecule has 0 spiro atoms. The summed E-state index contributed by atoms with van der Waals surface area (Å²) in [5, 5.41) is 0. The Morgan fingerprint density at radius 2 is 1.58 bits per heavy atom. The minimum absolute atomic E-state index is 0. The van der Waals surface area contributed by atoms with Crippen molar-refractivity contribution < 1.29 is 8.42 Å². The predicted molar refractivity (Wildman–Crippen MR) is 52.5 cm³/mol. The molecule has 0 aliphatic heterocycles. The first kappa shape index (κ1) is 12.8. The summed E-state index contributed by atoms with van der Waals surface area (Å²) in [6, 6.07) is 5.95. The van der Waals surface area contributed by atoms with E-state index in [9.17, 15) is 8.42 Å². The van der Waals surface area contributed by atoms with Gasteiger partial charge in [0.1, 0.15) is 0 Å². The maximum absolute atomic E-state index is 10.7. The summed E-state index contributed by atoms with van der Waals surface area (Å²) in [5.41, 5.74) is 0. The monoisotopic (exact) mass is 231 g/mol. The van der Waals surface area contributed by atoms with Crippen LogP contribution >= 0.6 is 23.3 Å². The Morgan fingerprint density at radius 3 is 1.92 bits per heavy atom. The third-order valence-electron chi connectivity index (χ3n) is 1.12. The van der Waals surface area contributed by atoms with Crippen molar-refractivity contribution in [1.29, 1.82) is 0 Å². The second-order valence-electron chi connectivity index (χ2n) is 1.93. The second-order valence-corrected chi connectivity index (χ2v) is 5.01. The summed E-state index contributed by atoms with van der Waals surface area (Å²) in [6.45, 7) is 0. The van der Waals surface area contributed by atoms with Crippen molar-refractivity contribution >= 4 is 61.9 Å². The molecule has 0 saturated heterocycles. The fourth-order valence-electron chi connectivity index (χ4n) is 0.609. The third-order valence-corrected chi connectivity index (χ3v) is 2.79. The molecule has 0 aliphatic rings. The molecule has 1 rings (SSSR count). The van der Waals surface area contributed by atoms with E-state index in [2.05, 4.69) is 12.6 Å². The quantitative estimate of drug-likeness (QED) is 0.452. The maximum atomic E-state index is 10.7. The largest absolute Gasteiger partial charge is 0.261 e. The molecular weight excluding hydrogens is 227 g/mol. The molecule has 6 heteroatoms. The third kappa shape index (κ3) is 3.68. The molecule has 0 aliphatic carbocycles. The molecule has 0 bridgehead atoms. The van der Waals surface area contributed by atoms with Crippen LogP contribution in [0.2, 0.25) is 0 Å². The van der Waals surface area contributed by atoms with Crippen LogP contribution in [0.1, 0.15) is 0 Å². The summed E-state index contributed by atoms with van der Waals surface area (Å²) in [4.78, 5) is 0.797. The van der Waals surface area contributed by atoms with Crippen LogP contribution in [0.3, 0.4) is 0 Å². The first-order chi connectivity index (χ1) is 5.00. The minimum Gasteiger partial charge on any atom is -0.207 e. The number of rotatable bonds is 1. The first-order valence-corrected chi connectivity index (χ1v) is 5.49. The molecule has 0 aromatic heterocycles. The van der Waals surface area contributed by atoms with Gasteiger partial charge in [0.05, 0.1) is 4.90 Å². The molecule has 0 amide bonds. The van der Waals surface area contributed by atoms with Gasteiger partial charge in [-0.25, -0.2) is 8.42 Å². The number of halogens is 1. The van der Waals surface area contributed by atoms with Gasteiger partial charge in [-0.1, -0.05) is 0 Å². The SMILES string of the molecule is O=S(=O)(Cl)c1ccc(S)cc1.[Na]. The van der Waals surface area contributed by atoms with E-state index in [1.807, 2.05) is 0 Å². The van der Waals surface area contributed by atoms with Crippen LogP contribution in [0.5, 0.6) is 0 Å². The van der Waals surface area contributed by atoms with Crippen molar-refractivity contribution in [2.45, 2.75) is 9.79 Å². The molecule has 0 unspecified atom stereocenters. The molecule has 0 atom stereocenters. The van der Waals surface area contributed by atoms with E-state index in [1.54, 1.807) is 12.1 Å². The van der Waals surface area contributed by atoms with Crippen molar-refractivity contribution in [1.82, 2.24) is 0 Å². The summed E-state index contributed by atoms with van der Waals surface area (Å²) < 4.78 is 21.4. The van der Waals surface area contributed by atoms with Gasteiger partial charge in [0.15, 0.2) is 0 Å². The maximum Gasteiger partial charge on any atom is 0.261 e. The van der Waals surface area contributed by atoms with Crippen LogP contribution in [-0.4, -0.2) is 38.0 Å². The zero-order valence-electron chi connectivity index (χ0n) is 6.36. The Hall–Kier alpha value is 0.810. The fraction of sp³-hybridized carbons (Fsp3) is 0. The molecule has 2 nitrogen and oxygen atoms in total. The molecule has 0 heterocycles. The zero-order valence-corrected chi connectivity index (χ0v) is 10.8. The molecule has 12 heavy (non-hydrogen) atoms. The van der Waals surface area contributed by atoms with Crippen LogP contribution in [-0.2, 0) is 9.05 Å². The Morgan fingerprint density at radius 1 is 1.17 bits per heavy atom. The van der Waals surface area contributed by atoms with Crippen molar-refractivity contribution in [3.8, 4) is 0 Å². The average Bonchev–Trinajstić information content (AvgIpc) is 1.86. The van der Waals surface area contributed by atoms with E-state index in [1.165, 1.54) is 12.1 Å². The Labute approximate surface area is 103 Å². The van der Waals surface area contributed by atoms with Gasteiger partial charge in [0.2, 0.25) is 0 Å². The smallest absolute Gasteiger partial charge is 0.207 e. The van der Waals surface area contributed by atoms with E-state index >= 15 is 0 Å². The Balaban J connectivity index is 0.00000121. The van der Waals surface area contributed by atoms with Gasteiger partial charge in [-0.05, 0) is 24.3 Å². The normalized spacial score (nSPS) is 10.5. The molecular formula is C6H5ClNaO2S2. The predicted octanol–water partition coefficient (Wildman–Crippen LogP) is 1.52. The van der Waals surface area contributed by atoms with Crippen LogP contribution in [0.4, 0.5) is 0 Å². The molecule has 61 valence electrons. The molecule has 0 fully saturated rings. The second kappa shape index (κ2) is 4.88. The van der Waals surface area contributed by atoms with Gasteiger partial charge in [0, 0.05) is 45.1 Å². The summed E-state index contributed by atoms with van der Waals surface area (Å²) in [5.74, 6) is 0. The van der Waals surface area contributed by atoms with Gasteiger partial charge in [-0.15, -0.1) is 12.6 Å². The Bertz CT molecular complexity index is 346. The van der Waals surface area contributed by atoms with Gasteiger partial charge in [-0.3, -0.25) is 0 Å². The topological polar surface area (TPSA) is 34.1 Å². The van der Waals surface area contributed by atoms with Gasteiger partial charge < -0.3 is 0 Å². The number of hydrogen-bond donors (Lipinski definition) is 1. The van der Waals surface area contributed by atoms with E-state index in [4.69, 9.17) is 10.7 Å². The van der Waals surface area contributed by atoms with Gasteiger partial charge in [0.25, 0.3) is 9.05 Å². The number of hydrogen-bond acceptors (Lipinski definition) is 3. The van der Waals surface area contributed by atoms with Crippen LogP contribution in [0.25, 0.3) is 0 Å². The minimum atomic E-state index is -3.58. The zero-order chi connectivity index (χ0) is 8.48. The number of thiol groups is 1. The first-order valence-electron chi connectivity index (χ1n) is 2.74. The van der Waals surface area contributed by atoms with E-state index < -0.39 is 9.05 Å². The summed E-state index contributed by atoms with van der Waals surface area (Å²) in [6.07, 6.45) is 0. The van der Waals surface area contributed by atoms with E-state index in [0.29, 0.717) is 4.90 Å². The standard InChI is InChI=1S/C6H5ClO2S2.Na/c7-11(8,9)6-3-1-5(10)2-4-6;/h1-4,10H;. The van der Waals surface area contributed by atoms with E-state index in [0.717, 1.165) is 0 Å². The molecule has 1 aromatic carbocycles. The van der Waals surface area contributed by atoms with Crippen molar-refractivity contribution in [2.75, 3.05) is 0 Å². The van der Waals surface area contributed by atoms with E-state index in [-0.39, 0.29) is 34.5 Å². The van der Waals surface area contributed by atoms with Crippen molar-refractivity contribution in [3.63, 3.8) is 0 Å². The summed E-state index contributed by atoms with van der Waals surface area (Å²) in [7, 11) is 1.48. The molecule has 1 aromatic rings. The Kier molecular flexibility index (Phi) is 5.21. The average molecular weight is 232 g/mol. The van der Waals surface area contributed by atoms with Crippen molar-refractivity contribution in [2.24, 2.45) is 0 Å².